The number of carbonyl (C=O) groups excluding carboxylic acids is 2. The average Bonchev–Trinajstić information content (AvgIpc) is 3.40. The first kappa shape index (κ1) is 24.7. The van der Waals surface area contributed by atoms with Gasteiger partial charge in [-0.25, -0.2) is 4.98 Å². The van der Waals surface area contributed by atoms with Gasteiger partial charge in [0.05, 0.1) is 22.3 Å². The molecule has 2 amide bonds. The van der Waals surface area contributed by atoms with Crippen molar-refractivity contribution in [2.45, 2.75) is 51.4 Å². The maximum atomic E-state index is 13.3. The van der Waals surface area contributed by atoms with Crippen LogP contribution >= 0.6 is 11.3 Å². The number of benzene rings is 1. The number of carbonyl (C=O) groups is 2. The molecule has 1 N–H and O–H groups in total. The Morgan fingerprint density at radius 1 is 1.26 bits per heavy atom. The van der Waals surface area contributed by atoms with E-state index >= 15 is 0 Å². The van der Waals surface area contributed by atoms with Gasteiger partial charge in [-0.2, -0.15) is 13.2 Å². The van der Waals surface area contributed by atoms with Gasteiger partial charge in [0.1, 0.15) is 0 Å². The van der Waals surface area contributed by atoms with E-state index in [0.717, 1.165) is 48.9 Å². The summed E-state index contributed by atoms with van der Waals surface area (Å²) in [5, 5.41) is 6.05. The smallest absolute Gasteiger partial charge is 0.347 e. The fourth-order valence-electron chi connectivity index (χ4n) is 4.64. The lowest BCUT2D eigenvalue weighted by Crippen LogP contribution is -2.44. The van der Waals surface area contributed by atoms with Crippen molar-refractivity contribution >= 4 is 23.2 Å². The Kier molecular flexibility index (Phi) is 7.57. The van der Waals surface area contributed by atoms with Crippen molar-refractivity contribution in [3.63, 3.8) is 0 Å². The number of nitrogens with zero attached hydrogens (tertiary/aromatic N) is 3. The Balaban J connectivity index is 1.41. The highest BCUT2D eigenvalue weighted by Gasteiger charge is 2.33. The standard InChI is InChI=1S/C24H29F3N4O2S/c1-16-28-20(15-34-16)13-30-10-7-17(8-11-30)23(33)29-21(14-31-9-3-6-22(31)32)18-4-2-5-19(12-18)24(25,26)27/h2,4-5,12,15,17,21H,3,6-11,13-14H2,1H3,(H,29,33). The lowest BCUT2D eigenvalue weighted by molar-refractivity contribution is -0.137. The van der Waals surface area contributed by atoms with Gasteiger partial charge in [0.2, 0.25) is 11.8 Å². The highest BCUT2D eigenvalue weighted by atomic mass is 32.1. The van der Waals surface area contributed by atoms with Crippen LogP contribution in [0.5, 0.6) is 0 Å². The second-order valence-electron chi connectivity index (χ2n) is 9.04. The number of aryl methyl sites for hydroxylation is 1. The van der Waals surface area contributed by atoms with E-state index in [4.69, 9.17) is 0 Å². The summed E-state index contributed by atoms with van der Waals surface area (Å²) in [5.41, 5.74) is 0.632. The molecule has 6 nitrogen and oxygen atoms in total. The van der Waals surface area contributed by atoms with Crippen LogP contribution < -0.4 is 5.32 Å². The maximum Gasteiger partial charge on any atom is 0.416 e. The number of likely N-dealkylation sites (tertiary alicyclic amines) is 2. The Labute approximate surface area is 201 Å². The zero-order valence-corrected chi connectivity index (χ0v) is 19.9. The van der Waals surface area contributed by atoms with Crippen molar-refractivity contribution in [2.24, 2.45) is 5.92 Å². The average molecular weight is 495 g/mol. The molecule has 0 radical (unpaired) electrons. The minimum atomic E-state index is -4.48. The summed E-state index contributed by atoms with van der Waals surface area (Å²) < 4.78 is 39.9. The summed E-state index contributed by atoms with van der Waals surface area (Å²) in [6.45, 7) is 4.97. The van der Waals surface area contributed by atoms with Gasteiger partial charge in [0.15, 0.2) is 0 Å². The highest BCUT2D eigenvalue weighted by Crippen LogP contribution is 2.31. The number of amides is 2. The van der Waals surface area contributed by atoms with E-state index < -0.39 is 17.8 Å². The van der Waals surface area contributed by atoms with E-state index in [1.807, 2.05) is 12.3 Å². The van der Waals surface area contributed by atoms with Gasteiger partial charge in [-0.15, -0.1) is 11.3 Å². The van der Waals surface area contributed by atoms with Crippen molar-refractivity contribution in [3.8, 4) is 0 Å². The number of nitrogens with one attached hydrogen (secondary N) is 1. The molecule has 1 atom stereocenters. The summed E-state index contributed by atoms with van der Waals surface area (Å²) in [4.78, 5) is 33.7. The number of thiazole rings is 1. The van der Waals surface area contributed by atoms with E-state index in [-0.39, 0.29) is 24.3 Å². The zero-order chi connectivity index (χ0) is 24.3. The molecular formula is C24H29F3N4O2S. The molecule has 2 fully saturated rings. The van der Waals surface area contributed by atoms with Crippen LogP contribution in [0.15, 0.2) is 29.6 Å². The fourth-order valence-corrected chi connectivity index (χ4v) is 5.24. The van der Waals surface area contributed by atoms with Crippen LogP contribution in [0.1, 0.15) is 53.6 Å². The van der Waals surface area contributed by atoms with E-state index in [9.17, 15) is 22.8 Å². The Morgan fingerprint density at radius 3 is 2.65 bits per heavy atom. The Hall–Kier alpha value is -2.46. The Morgan fingerprint density at radius 2 is 2.03 bits per heavy atom. The fraction of sp³-hybridized carbons (Fsp3) is 0.542. The molecule has 1 aromatic heterocycles. The molecule has 0 aliphatic carbocycles. The maximum absolute atomic E-state index is 13.3. The largest absolute Gasteiger partial charge is 0.416 e. The van der Waals surface area contributed by atoms with Crippen LogP contribution in [0.4, 0.5) is 13.2 Å². The molecule has 1 unspecified atom stereocenters. The molecule has 10 heteroatoms. The molecule has 1 aromatic carbocycles. The number of rotatable bonds is 7. The number of aromatic nitrogens is 1. The third-order valence-corrected chi connectivity index (χ3v) is 7.34. The lowest BCUT2D eigenvalue weighted by atomic mass is 9.94. The molecule has 34 heavy (non-hydrogen) atoms. The summed E-state index contributed by atoms with van der Waals surface area (Å²) in [6, 6.07) is 4.33. The van der Waals surface area contributed by atoms with Gasteiger partial charge in [-0.3, -0.25) is 14.5 Å². The van der Waals surface area contributed by atoms with Gasteiger partial charge >= 0.3 is 6.18 Å². The molecule has 2 aliphatic rings. The van der Waals surface area contributed by atoms with E-state index in [0.29, 0.717) is 31.4 Å². The predicted molar refractivity (Wildman–Crippen MR) is 123 cm³/mol. The van der Waals surface area contributed by atoms with Gasteiger partial charge < -0.3 is 10.2 Å². The molecule has 2 aliphatic heterocycles. The van der Waals surface area contributed by atoms with Crippen LogP contribution in [0.2, 0.25) is 0 Å². The monoisotopic (exact) mass is 494 g/mol. The minimum absolute atomic E-state index is 0.0307. The third kappa shape index (κ3) is 6.15. The van der Waals surface area contributed by atoms with Gasteiger partial charge in [0.25, 0.3) is 0 Å². The van der Waals surface area contributed by atoms with E-state index in [2.05, 4.69) is 15.2 Å². The van der Waals surface area contributed by atoms with E-state index in [1.165, 1.54) is 6.07 Å². The SMILES string of the molecule is Cc1nc(CN2CCC(C(=O)NC(CN3CCCC3=O)c3cccc(C(F)(F)F)c3)CC2)cs1. The molecule has 184 valence electrons. The Bertz CT molecular complexity index is 1020. The number of halogens is 3. The summed E-state index contributed by atoms with van der Waals surface area (Å²) in [7, 11) is 0. The molecule has 2 saturated heterocycles. The van der Waals surface area contributed by atoms with Crippen molar-refractivity contribution in [1.29, 1.82) is 0 Å². The van der Waals surface area contributed by atoms with Gasteiger partial charge in [-0.1, -0.05) is 12.1 Å². The van der Waals surface area contributed by atoms with Crippen molar-refractivity contribution in [3.05, 3.63) is 51.5 Å². The van der Waals surface area contributed by atoms with Crippen LogP contribution in [-0.2, 0) is 22.3 Å². The van der Waals surface area contributed by atoms with Crippen LogP contribution in [0.25, 0.3) is 0 Å². The molecule has 0 saturated carbocycles. The molecule has 4 rings (SSSR count). The molecule has 2 aromatic rings. The van der Waals surface area contributed by atoms with Crippen LogP contribution in [0, 0.1) is 12.8 Å². The lowest BCUT2D eigenvalue weighted by Gasteiger charge is -2.32. The first-order valence-corrected chi connectivity index (χ1v) is 12.5. The summed E-state index contributed by atoms with van der Waals surface area (Å²) in [6.07, 6.45) is -1.98. The number of alkyl halides is 3. The highest BCUT2D eigenvalue weighted by molar-refractivity contribution is 7.09. The quantitative estimate of drug-likeness (QED) is 0.628. The van der Waals surface area contributed by atoms with Gasteiger partial charge in [0, 0.05) is 37.4 Å². The normalized spacial score (nSPS) is 18.9. The molecule has 0 bridgehead atoms. The van der Waals surface area contributed by atoms with Crippen molar-refractivity contribution < 1.29 is 22.8 Å². The molecular weight excluding hydrogens is 465 g/mol. The van der Waals surface area contributed by atoms with Crippen molar-refractivity contribution in [1.82, 2.24) is 20.1 Å². The van der Waals surface area contributed by atoms with Crippen LogP contribution in [-0.4, -0.2) is 52.8 Å². The summed E-state index contributed by atoms with van der Waals surface area (Å²) >= 11 is 1.62. The first-order chi connectivity index (χ1) is 16.2. The van der Waals surface area contributed by atoms with Gasteiger partial charge in [-0.05, 0) is 57.0 Å². The van der Waals surface area contributed by atoms with Crippen molar-refractivity contribution in [2.75, 3.05) is 26.2 Å². The first-order valence-electron chi connectivity index (χ1n) is 11.6. The summed E-state index contributed by atoms with van der Waals surface area (Å²) in [5.74, 6) is -0.411. The zero-order valence-electron chi connectivity index (χ0n) is 19.1. The van der Waals surface area contributed by atoms with E-state index in [1.54, 1.807) is 22.3 Å². The number of piperidine rings is 1. The second-order valence-corrected chi connectivity index (χ2v) is 10.1. The second kappa shape index (κ2) is 10.4. The number of hydrogen-bond acceptors (Lipinski definition) is 5. The van der Waals surface area contributed by atoms with Crippen LogP contribution in [0.3, 0.4) is 0 Å². The topological polar surface area (TPSA) is 65.5 Å². The third-order valence-electron chi connectivity index (χ3n) is 6.52. The minimum Gasteiger partial charge on any atom is -0.347 e. The predicted octanol–water partition coefficient (Wildman–Crippen LogP) is 4.16. The molecule has 0 spiro atoms. The number of hydrogen-bond donors (Lipinski definition) is 1. The molecule has 3 heterocycles.